The number of rotatable bonds is 4. The van der Waals surface area contributed by atoms with Crippen molar-refractivity contribution in [3.63, 3.8) is 0 Å². The predicted molar refractivity (Wildman–Crippen MR) is 115 cm³/mol. The molecule has 1 aliphatic heterocycles. The first-order chi connectivity index (χ1) is 14.4. The van der Waals surface area contributed by atoms with Crippen LogP contribution >= 0.6 is 0 Å². The largest absolute Gasteiger partial charge is 0.476 e. The lowest BCUT2D eigenvalue weighted by molar-refractivity contribution is -0.137. The third-order valence-electron chi connectivity index (χ3n) is 5.48. The smallest absolute Gasteiger partial charge is 0.260 e. The highest BCUT2D eigenvalue weighted by atomic mass is 16.5. The monoisotopic (exact) mass is 407 g/mol. The molecule has 0 atom stereocenters. The van der Waals surface area contributed by atoms with E-state index in [2.05, 4.69) is 0 Å². The van der Waals surface area contributed by atoms with Crippen molar-refractivity contribution in [2.75, 3.05) is 32.9 Å². The number of carbonyl (C=O) groups excluding carboxylic acids is 1. The lowest BCUT2D eigenvalue weighted by Gasteiger charge is -2.26. The van der Waals surface area contributed by atoms with Crippen molar-refractivity contribution >= 4 is 16.9 Å². The lowest BCUT2D eigenvalue weighted by Crippen LogP contribution is -2.43. The lowest BCUT2D eigenvalue weighted by atomic mass is 10.0. The summed E-state index contributed by atoms with van der Waals surface area (Å²) in [6.07, 6.45) is 0. The Hall–Kier alpha value is -3.12. The highest BCUT2D eigenvalue weighted by Crippen LogP contribution is 2.32. The van der Waals surface area contributed by atoms with Crippen LogP contribution in [-0.2, 0) is 9.53 Å². The number of amides is 1. The van der Waals surface area contributed by atoms with E-state index in [1.54, 1.807) is 4.90 Å². The molecule has 0 N–H and O–H groups in total. The zero-order chi connectivity index (χ0) is 21.3. The number of hydrogen-bond donors (Lipinski definition) is 0. The third kappa shape index (κ3) is 3.96. The Morgan fingerprint density at radius 3 is 2.40 bits per heavy atom. The number of benzene rings is 2. The fourth-order valence-electron chi connectivity index (χ4n) is 3.50. The van der Waals surface area contributed by atoms with Crippen molar-refractivity contribution in [2.45, 2.75) is 20.8 Å². The van der Waals surface area contributed by atoms with Gasteiger partial charge in [-0.2, -0.15) is 0 Å². The third-order valence-corrected chi connectivity index (χ3v) is 5.48. The average molecular weight is 407 g/mol. The zero-order valence-electron chi connectivity index (χ0n) is 17.5. The van der Waals surface area contributed by atoms with E-state index in [0.717, 1.165) is 22.3 Å². The number of nitrogens with zero attached hydrogens (tertiary/aromatic N) is 1. The fourth-order valence-corrected chi connectivity index (χ4v) is 3.50. The van der Waals surface area contributed by atoms with Gasteiger partial charge in [0.2, 0.25) is 11.2 Å². The molecular weight excluding hydrogens is 382 g/mol. The second-order valence-corrected chi connectivity index (χ2v) is 7.67. The molecule has 0 bridgehead atoms. The van der Waals surface area contributed by atoms with E-state index >= 15 is 0 Å². The molecule has 1 saturated heterocycles. The Bertz CT molecular complexity index is 1140. The van der Waals surface area contributed by atoms with Crippen molar-refractivity contribution in [2.24, 2.45) is 0 Å². The van der Waals surface area contributed by atoms with Crippen molar-refractivity contribution in [1.82, 2.24) is 4.90 Å². The van der Waals surface area contributed by atoms with Crippen LogP contribution in [0.1, 0.15) is 16.7 Å². The van der Waals surface area contributed by atoms with Crippen LogP contribution in [0.5, 0.6) is 5.75 Å². The van der Waals surface area contributed by atoms with Crippen LogP contribution in [0.4, 0.5) is 0 Å². The van der Waals surface area contributed by atoms with Crippen LogP contribution in [0.3, 0.4) is 0 Å². The van der Waals surface area contributed by atoms with Gasteiger partial charge in [-0.1, -0.05) is 29.8 Å². The minimum atomic E-state index is -0.273. The average Bonchev–Trinajstić information content (AvgIpc) is 2.75. The van der Waals surface area contributed by atoms with Gasteiger partial charge in [-0.05, 0) is 44.0 Å². The molecular formula is C24H25NO5. The number of fused-ring (bicyclic) bond motifs is 1. The zero-order valence-corrected chi connectivity index (χ0v) is 17.5. The maximum Gasteiger partial charge on any atom is 0.260 e. The topological polar surface area (TPSA) is 69.0 Å². The molecule has 2 heterocycles. The van der Waals surface area contributed by atoms with Crippen molar-refractivity contribution in [3.05, 3.63) is 63.3 Å². The summed E-state index contributed by atoms with van der Waals surface area (Å²) in [7, 11) is 0. The molecule has 4 rings (SSSR count). The molecule has 6 nitrogen and oxygen atoms in total. The minimum Gasteiger partial charge on any atom is -0.476 e. The predicted octanol–water partition coefficient (Wildman–Crippen LogP) is 3.62. The molecule has 1 aliphatic rings. The normalized spacial score (nSPS) is 14.2. The van der Waals surface area contributed by atoms with Gasteiger partial charge >= 0.3 is 0 Å². The second-order valence-electron chi connectivity index (χ2n) is 7.67. The molecule has 1 fully saturated rings. The van der Waals surface area contributed by atoms with Gasteiger partial charge in [0.05, 0.1) is 18.6 Å². The molecule has 1 aromatic heterocycles. The van der Waals surface area contributed by atoms with Crippen LogP contribution in [0, 0.1) is 20.8 Å². The molecule has 0 unspecified atom stereocenters. The number of aryl methyl sites for hydroxylation is 3. The summed E-state index contributed by atoms with van der Waals surface area (Å²) in [5, 5.41) is 0.447. The summed E-state index contributed by atoms with van der Waals surface area (Å²) in [6, 6.07) is 11.3. The van der Waals surface area contributed by atoms with E-state index in [0.29, 0.717) is 43.0 Å². The molecule has 2 aromatic carbocycles. The number of hydrogen-bond acceptors (Lipinski definition) is 5. The Kier molecular flexibility index (Phi) is 5.59. The second kappa shape index (κ2) is 8.32. The molecule has 0 aliphatic carbocycles. The first-order valence-corrected chi connectivity index (χ1v) is 10.1. The molecule has 3 aromatic rings. The number of carbonyl (C=O) groups is 1. The summed E-state index contributed by atoms with van der Waals surface area (Å²) < 4.78 is 17.2. The summed E-state index contributed by atoms with van der Waals surface area (Å²) in [4.78, 5) is 27.5. The summed E-state index contributed by atoms with van der Waals surface area (Å²) in [5.74, 6) is 0.231. The first kappa shape index (κ1) is 20.2. The summed E-state index contributed by atoms with van der Waals surface area (Å²) in [5.41, 5.74) is 4.09. The van der Waals surface area contributed by atoms with Crippen LogP contribution in [0.2, 0.25) is 0 Å². The number of ether oxygens (including phenoxy) is 2. The summed E-state index contributed by atoms with van der Waals surface area (Å²) in [6.45, 7) is 7.77. The number of morpholine rings is 1. The van der Waals surface area contributed by atoms with E-state index in [-0.39, 0.29) is 23.7 Å². The molecule has 0 spiro atoms. The van der Waals surface area contributed by atoms with Crippen LogP contribution < -0.4 is 10.2 Å². The van der Waals surface area contributed by atoms with E-state index in [1.807, 2.05) is 57.2 Å². The maximum atomic E-state index is 13.3. The van der Waals surface area contributed by atoms with Gasteiger partial charge in [0.15, 0.2) is 12.4 Å². The highest BCUT2D eigenvalue weighted by Gasteiger charge is 2.22. The van der Waals surface area contributed by atoms with Crippen molar-refractivity contribution in [3.8, 4) is 17.1 Å². The minimum absolute atomic E-state index is 0.0659. The molecule has 30 heavy (non-hydrogen) atoms. The molecule has 0 saturated carbocycles. The highest BCUT2D eigenvalue weighted by molar-refractivity contribution is 5.84. The molecule has 1 amide bonds. The summed E-state index contributed by atoms with van der Waals surface area (Å²) >= 11 is 0. The van der Waals surface area contributed by atoms with E-state index in [9.17, 15) is 9.59 Å². The Morgan fingerprint density at radius 2 is 1.70 bits per heavy atom. The van der Waals surface area contributed by atoms with E-state index in [1.165, 1.54) is 0 Å². The van der Waals surface area contributed by atoms with E-state index in [4.69, 9.17) is 13.9 Å². The fraction of sp³-hybridized carbons (Fsp3) is 0.333. The molecule has 156 valence electrons. The van der Waals surface area contributed by atoms with Crippen molar-refractivity contribution in [1.29, 1.82) is 0 Å². The van der Waals surface area contributed by atoms with Crippen LogP contribution in [-0.4, -0.2) is 43.7 Å². The van der Waals surface area contributed by atoms with Crippen LogP contribution in [0.25, 0.3) is 22.3 Å². The van der Waals surface area contributed by atoms with Gasteiger partial charge in [-0.25, -0.2) is 0 Å². The van der Waals surface area contributed by atoms with Gasteiger partial charge in [-0.15, -0.1) is 0 Å². The van der Waals surface area contributed by atoms with Crippen LogP contribution in [0.15, 0.2) is 45.6 Å². The Labute approximate surface area is 175 Å². The Morgan fingerprint density at radius 1 is 1.03 bits per heavy atom. The van der Waals surface area contributed by atoms with Gasteiger partial charge in [-0.3, -0.25) is 9.59 Å². The SMILES string of the molecule is Cc1ccc(-c2oc3cc(C)c(C)cc3c(=O)c2OCC(=O)N2CCOCC2)cc1. The Balaban J connectivity index is 1.76. The van der Waals surface area contributed by atoms with Gasteiger partial charge < -0.3 is 18.8 Å². The van der Waals surface area contributed by atoms with Gasteiger partial charge in [0.1, 0.15) is 5.58 Å². The molecule has 0 radical (unpaired) electrons. The maximum absolute atomic E-state index is 13.3. The first-order valence-electron chi connectivity index (χ1n) is 10.1. The standard InChI is InChI=1S/C24H25NO5/c1-15-4-6-18(7-5-15)23-24(29-14-21(26)25-8-10-28-11-9-25)22(27)19-12-16(2)17(3)13-20(19)30-23/h4-7,12-13H,8-11,14H2,1-3H3. The molecule has 6 heteroatoms. The van der Waals surface area contributed by atoms with Gasteiger partial charge in [0.25, 0.3) is 5.91 Å². The van der Waals surface area contributed by atoms with Gasteiger partial charge in [0, 0.05) is 18.7 Å². The quantitative estimate of drug-likeness (QED) is 0.661. The van der Waals surface area contributed by atoms with Crippen molar-refractivity contribution < 1.29 is 18.7 Å². The van der Waals surface area contributed by atoms with E-state index < -0.39 is 0 Å².